The normalized spacial score (nSPS) is 10.2. The van der Waals surface area contributed by atoms with Crippen LogP contribution in [0.3, 0.4) is 0 Å². The van der Waals surface area contributed by atoms with Gasteiger partial charge in [0.1, 0.15) is 18.2 Å². The zero-order chi connectivity index (χ0) is 15.2. The Kier molecular flexibility index (Phi) is 4.90. The molecule has 2 aromatic carbocycles. The van der Waals surface area contributed by atoms with Gasteiger partial charge in [-0.1, -0.05) is 30.3 Å². The van der Waals surface area contributed by atoms with Crippen LogP contribution >= 0.6 is 0 Å². The first-order valence-electron chi connectivity index (χ1n) is 6.40. The molecule has 0 fully saturated rings. The molecular formula is C16H16FNO3. The molecule has 0 atom stereocenters. The van der Waals surface area contributed by atoms with Crippen LogP contribution in [0.25, 0.3) is 0 Å². The number of rotatable bonds is 5. The SMILES string of the molecule is CON(C)C(=O)c1ccc(OCc2ccccc2)cc1F. The number of hydrogen-bond donors (Lipinski definition) is 0. The van der Waals surface area contributed by atoms with Crippen LogP contribution in [0.15, 0.2) is 48.5 Å². The molecule has 0 spiro atoms. The lowest BCUT2D eigenvalue weighted by atomic mass is 10.2. The molecule has 0 aliphatic rings. The van der Waals surface area contributed by atoms with Crippen LogP contribution in [0.1, 0.15) is 15.9 Å². The molecule has 0 saturated carbocycles. The van der Waals surface area contributed by atoms with Crippen LogP contribution in [0, 0.1) is 5.82 Å². The van der Waals surface area contributed by atoms with Crippen molar-refractivity contribution in [1.29, 1.82) is 0 Å². The molecule has 0 aromatic heterocycles. The lowest BCUT2D eigenvalue weighted by Gasteiger charge is -2.14. The smallest absolute Gasteiger partial charge is 0.280 e. The summed E-state index contributed by atoms with van der Waals surface area (Å²) < 4.78 is 19.4. The highest BCUT2D eigenvalue weighted by Crippen LogP contribution is 2.19. The quantitative estimate of drug-likeness (QED) is 0.794. The third kappa shape index (κ3) is 3.79. The van der Waals surface area contributed by atoms with E-state index in [2.05, 4.69) is 0 Å². The van der Waals surface area contributed by atoms with E-state index in [9.17, 15) is 9.18 Å². The second-order valence-electron chi connectivity index (χ2n) is 4.40. The van der Waals surface area contributed by atoms with E-state index in [-0.39, 0.29) is 5.56 Å². The first-order chi connectivity index (χ1) is 10.1. The van der Waals surface area contributed by atoms with Crippen molar-refractivity contribution in [1.82, 2.24) is 5.06 Å². The molecule has 0 N–H and O–H groups in total. The maximum Gasteiger partial charge on any atom is 0.280 e. The van der Waals surface area contributed by atoms with Gasteiger partial charge in [-0.15, -0.1) is 0 Å². The molecule has 0 heterocycles. The number of benzene rings is 2. The fourth-order valence-corrected chi connectivity index (χ4v) is 1.75. The van der Waals surface area contributed by atoms with E-state index in [1.807, 2.05) is 30.3 Å². The molecule has 2 aromatic rings. The molecule has 0 aliphatic carbocycles. The van der Waals surface area contributed by atoms with Crippen molar-refractivity contribution in [3.8, 4) is 5.75 Å². The molecule has 5 heteroatoms. The molecular weight excluding hydrogens is 273 g/mol. The summed E-state index contributed by atoms with van der Waals surface area (Å²) in [5.41, 5.74) is 0.920. The summed E-state index contributed by atoms with van der Waals surface area (Å²) in [6.45, 7) is 0.339. The molecule has 0 aliphatic heterocycles. The van der Waals surface area contributed by atoms with E-state index < -0.39 is 11.7 Å². The van der Waals surface area contributed by atoms with Crippen molar-refractivity contribution >= 4 is 5.91 Å². The summed E-state index contributed by atoms with van der Waals surface area (Å²) in [6, 6.07) is 13.7. The van der Waals surface area contributed by atoms with Gasteiger partial charge in [-0.05, 0) is 17.7 Å². The maximum absolute atomic E-state index is 13.9. The highest BCUT2D eigenvalue weighted by Gasteiger charge is 2.16. The summed E-state index contributed by atoms with van der Waals surface area (Å²) in [7, 11) is 2.76. The maximum atomic E-state index is 13.9. The Hall–Kier alpha value is -2.40. The Balaban J connectivity index is 2.07. The third-order valence-electron chi connectivity index (χ3n) is 2.98. The minimum Gasteiger partial charge on any atom is -0.489 e. The zero-order valence-corrected chi connectivity index (χ0v) is 11.9. The minimum atomic E-state index is -0.644. The second kappa shape index (κ2) is 6.85. The van der Waals surface area contributed by atoms with Crippen LogP contribution in [-0.2, 0) is 11.4 Å². The Labute approximate surface area is 122 Å². The van der Waals surface area contributed by atoms with Gasteiger partial charge in [-0.25, -0.2) is 9.45 Å². The Morgan fingerprint density at radius 3 is 2.52 bits per heavy atom. The number of ether oxygens (including phenoxy) is 1. The van der Waals surface area contributed by atoms with Gasteiger partial charge in [0.15, 0.2) is 0 Å². The fourth-order valence-electron chi connectivity index (χ4n) is 1.75. The van der Waals surface area contributed by atoms with Crippen LogP contribution in [-0.4, -0.2) is 25.1 Å². The topological polar surface area (TPSA) is 38.8 Å². The summed E-state index contributed by atoms with van der Waals surface area (Å²) >= 11 is 0. The van der Waals surface area contributed by atoms with Crippen molar-refractivity contribution in [3.05, 3.63) is 65.5 Å². The molecule has 2 rings (SSSR count). The van der Waals surface area contributed by atoms with Gasteiger partial charge in [-0.3, -0.25) is 9.63 Å². The molecule has 0 radical (unpaired) electrons. The molecule has 1 amide bonds. The van der Waals surface area contributed by atoms with Crippen LogP contribution in [0.2, 0.25) is 0 Å². The lowest BCUT2D eigenvalue weighted by molar-refractivity contribution is -0.0759. The van der Waals surface area contributed by atoms with Crippen molar-refractivity contribution in [3.63, 3.8) is 0 Å². The molecule has 21 heavy (non-hydrogen) atoms. The summed E-state index contributed by atoms with van der Waals surface area (Å²) in [5.74, 6) is -0.827. The first-order valence-corrected chi connectivity index (χ1v) is 6.40. The van der Waals surface area contributed by atoms with Crippen LogP contribution in [0.4, 0.5) is 4.39 Å². The summed E-state index contributed by atoms with van der Waals surface area (Å²) in [4.78, 5) is 16.6. The highest BCUT2D eigenvalue weighted by atomic mass is 19.1. The third-order valence-corrected chi connectivity index (χ3v) is 2.98. The lowest BCUT2D eigenvalue weighted by Crippen LogP contribution is -2.26. The van der Waals surface area contributed by atoms with Gasteiger partial charge in [0.2, 0.25) is 0 Å². The highest BCUT2D eigenvalue weighted by molar-refractivity contribution is 5.93. The number of carbonyl (C=O) groups excluding carboxylic acids is 1. The average Bonchev–Trinajstić information content (AvgIpc) is 2.52. The fraction of sp³-hybridized carbons (Fsp3) is 0.188. The second-order valence-corrected chi connectivity index (χ2v) is 4.40. The molecule has 0 saturated heterocycles. The predicted octanol–water partition coefficient (Wildman–Crippen LogP) is 3.04. The van der Waals surface area contributed by atoms with Gasteiger partial charge >= 0.3 is 0 Å². The summed E-state index contributed by atoms with van der Waals surface area (Å²) in [6.07, 6.45) is 0. The van der Waals surface area contributed by atoms with Gasteiger partial charge in [0, 0.05) is 13.1 Å². The first kappa shape index (κ1) is 15.0. The predicted molar refractivity (Wildman–Crippen MR) is 76.3 cm³/mol. The number of halogens is 1. The van der Waals surface area contributed by atoms with Gasteiger partial charge in [0.25, 0.3) is 5.91 Å². The van der Waals surface area contributed by atoms with Crippen LogP contribution in [0.5, 0.6) is 5.75 Å². The molecule has 0 unspecified atom stereocenters. The van der Waals surface area contributed by atoms with Gasteiger partial charge in [0.05, 0.1) is 12.7 Å². The number of amides is 1. The molecule has 0 bridgehead atoms. The number of carbonyl (C=O) groups is 1. The van der Waals surface area contributed by atoms with Crippen molar-refractivity contribution in [2.24, 2.45) is 0 Å². The minimum absolute atomic E-state index is 0.0635. The Morgan fingerprint density at radius 1 is 1.19 bits per heavy atom. The van der Waals surface area contributed by atoms with Gasteiger partial charge in [-0.2, -0.15) is 0 Å². The number of hydrogen-bond acceptors (Lipinski definition) is 3. The molecule has 4 nitrogen and oxygen atoms in total. The Morgan fingerprint density at radius 2 is 1.90 bits per heavy atom. The van der Waals surface area contributed by atoms with Gasteiger partial charge < -0.3 is 4.74 Å². The Bertz CT molecular complexity index is 616. The van der Waals surface area contributed by atoms with E-state index in [1.165, 1.54) is 26.3 Å². The number of nitrogens with zero attached hydrogens (tertiary/aromatic N) is 1. The van der Waals surface area contributed by atoms with E-state index >= 15 is 0 Å². The summed E-state index contributed by atoms with van der Waals surface area (Å²) in [5, 5.41) is 0.961. The van der Waals surface area contributed by atoms with Crippen molar-refractivity contribution in [2.45, 2.75) is 6.61 Å². The largest absolute Gasteiger partial charge is 0.489 e. The average molecular weight is 289 g/mol. The van der Waals surface area contributed by atoms with Crippen molar-refractivity contribution < 1.29 is 18.8 Å². The van der Waals surface area contributed by atoms with E-state index in [1.54, 1.807) is 6.07 Å². The van der Waals surface area contributed by atoms with E-state index in [4.69, 9.17) is 9.57 Å². The zero-order valence-electron chi connectivity index (χ0n) is 11.9. The van der Waals surface area contributed by atoms with Crippen LogP contribution < -0.4 is 4.74 Å². The number of hydroxylamine groups is 2. The van der Waals surface area contributed by atoms with Crippen molar-refractivity contribution in [2.75, 3.05) is 14.2 Å². The van der Waals surface area contributed by atoms with E-state index in [0.29, 0.717) is 12.4 Å². The molecule has 110 valence electrons. The standard InChI is InChI=1S/C16H16FNO3/c1-18(20-2)16(19)14-9-8-13(10-15(14)17)21-11-12-6-4-3-5-7-12/h3-10H,11H2,1-2H3. The van der Waals surface area contributed by atoms with E-state index in [0.717, 1.165) is 10.6 Å². The monoisotopic (exact) mass is 289 g/mol.